The number of benzene rings is 6. The molecule has 0 aliphatic carbocycles. The highest BCUT2D eigenvalue weighted by Crippen LogP contribution is 2.42. The number of rotatable bonds is 3. The fourth-order valence-electron chi connectivity index (χ4n) is 4.53. The lowest BCUT2D eigenvalue weighted by atomic mass is 9.96. The van der Waals surface area contributed by atoms with Crippen LogP contribution in [0.2, 0.25) is 0 Å². The van der Waals surface area contributed by atoms with Gasteiger partial charge in [0, 0.05) is 16.8 Å². The van der Waals surface area contributed by atoms with Crippen molar-refractivity contribution in [3.63, 3.8) is 0 Å². The van der Waals surface area contributed by atoms with Gasteiger partial charge in [0.2, 0.25) is 0 Å². The lowest BCUT2D eigenvalue weighted by Crippen LogP contribution is -2.10. The van der Waals surface area contributed by atoms with Crippen LogP contribution in [0.5, 0.6) is 0 Å². The first-order valence-electron chi connectivity index (χ1n) is 10.6. The molecule has 0 aliphatic heterocycles. The third kappa shape index (κ3) is 3.03. The van der Waals surface area contributed by atoms with Gasteiger partial charge in [-0.05, 0) is 69.4 Å². The summed E-state index contributed by atoms with van der Waals surface area (Å²) in [5, 5.41) is 7.59. The third-order valence-corrected chi connectivity index (χ3v) is 5.97. The maximum atomic E-state index is 2.36. The summed E-state index contributed by atoms with van der Waals surface area (Å²) < 4.78 is 0. The van der Waals surface area contributed by atoms with Crippen molar-refractivity contribution in [2.24, 2.45) is 0 Å². The van der Waals surface area contributed by atoms with Crippen LogP contribution in [0.15, 0.2) is 127 Å². The normalized spacial score (nSPS) is 11.2. The SMILES string of the molecule is c1ccc(N(c2ccccc2)c2cc3ccccc3c3cc4ccccc4cc23)cc1. The monoisotopic (exact) mass is 395 g/mol. The van der Waals surface area contributed by atoms with Gasteiger partial charge in [0.15, 0.2) is 0 Å². The molecule has 0 N–H and O–H groups in total. The molecule has 6 aromatic carbocycles. The topological polar surface area (TPSA) is 3.24 Å². The first kappa shape index (κ1) is 17.7. The molecular weight excluding hydrogens is 374 g/mol. The maximum absolute atomic E-state index is 2.36. The third-order valence-electron chi connectivity index (χ3n) is 5.97. The number of fused-ring (bicyclic) bond motifs is 4. The molecule has 0 atom stereocenters. The Kier molecular flexibility index (Phi) is 4.18. The molecule has 146 valence electrons. The van der Waals surface area contributed by atoms with E-state index in [0.29, 0.717) is 0 Å². The van der Waals surface area contributed by atoms with Crippen molar-refractivity contribution in [2.45, 2.75) is 0 Å². The van der Waals surface area contributed by atoms with E-state index in [2.05, 4.69) is 132 Å². The van der Waals surface area contributed by atoms with Gasteiger partial charge >= 0.3 is 0 Å². The smallest absolute Gasteiger partial charge is 0.0546 e. The maximum Gasteiger partial charge on any atom is 0.0546 e. The first-order valence-corrected chi connectivity index (χ1v) is 10.6. The molecule has 0 saturated heterocycles. The van der Waals surface area contributed by atoms with E-state index >= 15 is 0 Å². The van der Waals surface area contributed by atoms with E-state index in [1.54, 1.807) is 0 Å². The average Bonchev–Trinajstić information content (AvgIpc) is 2.84. The predicted molar refractivity (Wildman–Crippen MR) is 134 cm³/mol. The van der Waals surface area contributed by atoms with Crippen LogP contribution < -0.4 is 4.90 Å². The molecule has 6 aromatic rings. The molecule has 1 heteroatoms. The van der Waals surface area contributed by atoms with E-state index in [1.807, 2.05) is 0 Å². The minimum atomic E-state index is 1.15. The zero-order valence-corrected chi connectivity index (χ0v) is 17.1. The Balaban J connectivity index is 1.76. The summed E-state index contributed by atoms with van der Waals surface area (Å²) in [7, 11) is 0. The summed E-state index contributed by atoms with van der Waals surface area (Å²) in [6.45, 7) is 0. The molecule has 31 heavy (non-hydrogen) atoms. The van der Waals surface area contributed by atoms with E-state index < -0.39 is 0 Å². The van der Waals surface area contributed by atoms with Crippen LogP contribution in [0.4, 0.5) is 17.1 Å². The zero-order chi connectivity index (χ0) is 20.6. The van der Waals surface area contributed by atoms with Crippen molar-refractivity contribution >= 4 is 49.4 Å². The summed E-state index contributed by atoms with van der Waals surface area (Å²) in [4.78, 5) is 2.36. The number of hydrogen-bond donors (Lipinski definition) is 0. The van der Waals surface area contributed by atoms with Crippen molar-refractivity contribution in [3.05, 3.63) is 127 Å². The van der Waals surface area contributed by atoms with Gasteiger partial charge in [0.1, 0.15) is 0 Å². The van der Waals surface area contributed by atoms with E-state index in [-0.39, 0.29) is 0 Å². The number of hydrogen-bond acceptors (Lipinski definition) is 1. The Hall–Kier alpha value is -4.10. The molecule has 6 rings (SSSR count). The summed E-state index contributed by atoms with van der Waals surface area (Å²) in [5.41, 5.74) is 3.49. The van der Waals surface area contributed by atoms with Crippen LogP contribution in [0.25, 0.3) is 32.3 Å². The highest BCUT2D eigenvalue weighted by Gasteiger charge is 2.17. The fourth-order valence-corrected chi connectivity index (χ4v) is 4.53. The zero-order valence-electron chi connectivity index (χ0n) is 17.1. The van der Waals surface area contributed by atoms with E-state index in [1.165, 1.54) is 38.0 Å². The number of anilines is 3. The molecule has 0 aromatic heterocycles. The largest absolute Gasteiger partial charge is 0.310 e. The summed E-state index contributed by atoms with van der Waals surface area (Å²) in [5.74, 6) is 0. The molecule has 0 aliphatic rings. The molecular formula is C30H21N. The fraction of sp³-hybridized carbons (Fsp3) is 0. The lowest BCUT2D eigenvalue weighted by molar-refractivity contribution is 1.30. The summed E-state index contributed by atoms with van der Waals surface area (Å²) >= 11 is 0. The van der Waals surface area contributed by atoms with Gasteiger partial charge in [-0.2, -0.15) is 0 Å². The molecule has 0 saturated carbocycles. The quantitative estimate of drug-likeness (QED) is 0.214. The second-order valence-corrected chi connectivity index (χ2v) is 7.87. The molecule has 0 fully saturated rings. The van der Waals surface area contributed by atoms with Crippen LogP contribution in [0.3, 0.4) is 0 Å². The van der Waals surface area contributed by atoms with E-state index in [4.69, 9.17) is 0 Å². The highest BCUT2D eigenvalue weighted by molar-refractivity contribution is 6.18. The molecule has 1 nitrogen and oxygen atoms in total. The van der Waals surface area contributed by atoms with Crippen molar-refractivity contribution in [3.8, 4) is 0 Å². The second-order valence-electron chi connectivity index (χ2n) is 7.87. The molecule has 0 amide bonds. The van der Waals surface area contributed by atoms with Gasteiger partial charge in [0.05, 0.1) is 5.69 Å². The van der Waals surface area contributed by atoms with Crippen molar-refractivity contribution in [2.75, 3.05) is 4.90 Å². The van der Waals surface area contributed by atoms with Gasteiger partial charge in [-0.25, -0.2) is 0 Å². The number of para-hydroxylation sites is 2. The van der Waals surface area contributed by atoms with Crippen LogP contribution >= 0.6 is 0 Å². The predicted octanol–water partition coefficient (Wildman–Crippen LogP) is 8.62. The van der Waals surface area contributed by atoms with Crippen LogP contribution in [0.1, 0.15) is 0 Å². The molecule has 0 spiro atoms. The Morgan fingerprint density at radius 3 is 1.45 bits per heavy atom. The van der Waals surface area contributed by atoms with Gasteiger partial charge in [-0.3, -0.25) is 0 Å². The van der Waals surface area contributed by atoms with Gasteiger partial charge < -0.3 is 4.90 Å². The Labute approximate surface area is 181 Å². The second kappa shape index (κ2) is 7.30. The Morgan fingerprint density at radius 2 is 0.839 bits per heavy atom. The number of nitrogens with zero attached hydrogens (tertiary/aromatic N) is 1. The van der Waals surface area contributed by atoms with Crippen molar-refractivity contribution < 1.29 is 0 Å². The van der Waals surface area contributed by atoms with Crippen LogP contribution in [0, 0.1) is 0 Å². The summed E-state index contributed by atoms with van der Waals surface area (Å²) in [6, 6.07) is 45.5. The van der Waals surface area contributed by atoms with Crippen LogP contribution in [-0.2, 0) is 0 Å². The van der Waals surface area contributed by atoms with Gasteiger partial charge in [-0.1, -0.05) is 84.9 Å². The molecule has 0 bridgehead atoms. The van der Waals surface area contributed by atoms with E-state index in [9.17, 15) is 0 Å². The molecule has 0 unspecified atom stereocenters. The van der Waals surface area contributed by atoms with Crippen LogP contribution in [-0.4, -0.2) is 0 Å². The Bertz CT molecular complexity index is 1480. The summed E-state index contributed by atoms with van der Waals surface area (Å²) in [6.07, 6.45) is 0. The first-order chi connectivity index (χ1) is 15.4. The van der Waals surface area contributed by atoms with Gasteiger partial charge in [0.25, 0.3) is 0 Å². The Morgan fingerprint density at radius 1 is 0.355 bits per heavy atom. The average molecular weight is 396 g/mol. The van der Waals surface area contributed by atoms with Gasteiger partial charge in [-0.15, -0.1) is 0 Å². The van der Waals surface area contributed by atoms with Crippen molar-refractivity contribution in [1.29, 1.82) is 0 Å². The highest BCUT2D eigenvalue weighted by atomic mass is 15.1. The standard InChI is InChI=1S/C30H21N/c1-3-14-25(15-4-1)31(26-16-5-2-6-17-26)30-21-24-13-9-10-18-27(24)28-19-22-11-7-8-12-23(22)20-29(28)30/h1-21H. The minimum absolute atomic E-state index is 1.15. The molecule has 0 radical (unpaired) electrons. The lowest BCUT2D eigenvalue weighted by Gasteiger charge is -2.27. The molecule has 0 heterocycles. The van der Waals surface area contributed by atoms with Crippen molar-refractivity contribution in [1.82, 2.24) is 0 Å². The minimum Gasteiger partial charge on any atom is -0.310 e. The van der Waals surface area contributed by atoms with E-state index in [0.717, 1.165) is 11.4 Å².